The minimum atomic E-state index is -0.692. The van der Waals surface area contributed by atoms with E-state index in [1.165, 1.54) is 14.2 Å². The van der Waals surface area contributed by atoms with E-state index in [-0.39, 0.29) is 55.1 Å². The van der Waals surface area contributed by atoms with Crippen LogP contribution in [0.3, 0.4) is 0 Å². The van der Waals surface area contributed by atoms with Crippen LogP contribution < -0.4 is 10.6 Å². The van der Waals surface area contributed by atoms with E-state index in [0.29, 0.717) is 32.6 Å². The van der Waals surface area contributed by atoms with E-state index < -0.39 is 24.3 Å². The molecular formula is C47H58N8O7. The van der Waals surface area contributed by atoms with Crippen molar-refractivity contribution in [1.29, 1.82) is 0 Å². The summed E-state index contributed by atoms with van der Waals surface area (Å²) in [5.74, 6) is 1.46. The fourth-order valence-electron chi connectivity index (χ4n) is 10.3. The summed E-state index contributed by atoms with van der Waals surface area (Å²) in [7, 11) is 2.62. The van der Waals surface area contributed by atoms with Crippen LogP contribution in [0.15, 0.2) is 60.8 Å². The monoisotopic (exact) mass is 846 g/mol. The molecule has 0 radical (unpaired) electrons. The number of likely N-dealkylation sites (tertiary alicyclic amines) is 2. The summed E-state index contributed by atoms with van der Waals surface area (Å²) in [6, 6.07) is 17.3. The molecule has 2 aromatic heterocycles. The number of carbonyl (C=O) groups is 4. The lowest BCUT2D eigenvalue weighted by Crippen LogP contribution is -2.55. The Bertz CT molecular complexity index is 2440. The Morgan fingerprint density at radius 1 is 0.823 bits per heavy atom. The third-order valence-electron chi connectivity index (χ3n) is 13.4. The van der Waals surface area contributed by atoms with Gasteiger partial charge in [-0.1, -0.05) is 63.7 Å². The average Bonchev–Trinajstić information content (AvgIpc) is 4.15. The van der Waals surface area contributed by atoms with Crippen molar-refractivity contribution in [3.05, 3.63) is 72.4 Å². The third-order valence-corrected chi connectivity index (χ3v) is 13.4. The fourth-order valence-corrected chi connectivity index (χ4v) is 10.3. The number of piperidine rings is 1. The number of amides is 4. The number of imidazole rings is 2. The molecule has 3 saturated heterocycles. The molecule has 4 amide bonds. The van der Waals surface area contributed by atoms with Crippen LogP contribution in [-0.4, -0.2) is 106 Å². The van der Waals surface area contributed by atoms with Crippen LogP contribution in [0, 0.1) is 17.8 Å². The van der Waals surface area contributed by atoms with Crippen molar-refractivity contribution in [1.82, 2.24) is 40.4 Å². The zero-order valence-electron chi connectivity index (χ0n) is 35.1. The van der Waals surface area contributed by atoms with Crippen molar-refractivity contribution in [2.75, 3.05) is 34.0 Å². The van der Waals surface area contributed by atoms with Gasteiger partial charge in [0, 0.05) is 31.2 Å². The number of hydrogen-bond acceptors (Lipinski definition) is 9. The molecule has 1 unspecified atom stereocenters. The molecule has 62 heavy (non-hydrogen) atoms. The molecule has 4 aliphatic rings. The number of hydrogen-bond donors (Lipinski definition) is 4. The molecule has 9 rings (SSSR count). The molecule has 15 heteroatoms. The molecule has 2 bridgehead atoms. The van der Waals surface area contributed by atoms with Crippen molar-refractivity contribution in [3.8, 4) is 22.4 Å². The van der Waals surface area contributed by atoms with E-state index in [0.717, 1.165) is 87.9 Å². The van der Waals surface area contributed by atoms with Gasteiger partial charge in [-0.25, -0.2) is 19.6 Å². The number of aromatic nitrogens is 4. The summed E-state index contributed by atoms with van der Waals surface area (Å²) in [4.78, 5) is 73.4. The van der Waals surface area contributed by atoms with Crippen LogP contribution in [0.25, 0.3) is 44.2 Å². The largest absolute Gasteiger partial charge is 0.453 e. The van der Waals surface area contributed by atoms with Gasteiger partial charge in [0.2, 0.25) is 11.8 Å². The van der Waals surface area contributed by atoms with E-state index in [2.05, 4.69) is 75.2 Å². The Morgan fingerprint density at radius 3 is 2.29 bits per heavy atom. The first-order chi connectivity index (χ1) is 29.6. The molecule has 0 spiro atoms. The number of alkyl carbamates (subject to hydrolysis) is 2. The smallest absolute Gasteiger partial charge is 0.407 e. The highest BCUT2D eigenvalue weighted by molar-refractivity contribution is 6.05. The maximum Gasteiger partial charge on any atom is 0.407 e. The molecule has 1 saturated carbocycles. The molecule has 5 aromatic rings. The summed E-state index contributed by atoms with van der Waals surface area (Å²) in [6.45, 7) is 5.53. The van der Waals surface area contributed by atoms with Gasteiger partial charge >= 0.3 is 12.2 Å². The van der Waals surface area contributed by atoms with Crippen LogP contribution in [0.5, 0.6) is 0 Å². The summed E-state index contributed by atoms with van der Waals surface area (Å²) in [6.07, 6.45) is 6.51. The second-order valence-electron chi connectivity index (χ2n) is 17.3. The fraction of sp³-hybridized carbons (Fsp3) is 0.489. The number of rotatable bonds is 10. The Labute approximate surface area is 361 Å². The Kier molecular flexibility index (Phi) is 12.3. The maximum atomic E-state index is 14.5. The van der Waals surface area contributed by atoms with Gasteiger partial charge < -0.3 is 44.6 Å². The van der Waals surface area contributed by atoms with Crippen molar-refractivity contribution in [2.24, 2.45) is 17.8 Å². The van der Waals surface area contributed by atoms with Gasteiger partial charge in [0.05, 0.1) is 49.2 Å². The topological polar surface area (TPSA) is 184 Å². The predicted octanol–water partition coefficient (Wildman–Crippen LogP) is 7.66. The van der Waals surface area contributed by atoms with Gasteiger partial charge in [-0.2, -0.15) is 0 Å². The normalized spacial score (nSPS) is 22.1. The zero-order chi connectivity index (χ0) is 42.4. The number of methoxy groups -OCH3 is 2. The van der Waals surface area contributed by atoms with Crippen LogP contribution in [-0.2, 0) is 23.8 Å². The van der Waals surface area contributed by atoms with Crippen LogP contribution in [0.1, 0.15) is 90.0 Å². The molecule has 328 valence electrons. The molecule has 15 nitrogen and oxygen atoms in total. The molecule has 3 aromatic carbocycles. The van der Waals surface area contributed by atoms with Crippen LogP contribution in [0.4, 0.5) is 9.59 Å². The average molecular weight is 847 g/mol. The Hall–Kier alpha value is -5.96. The van der Waals surface area contributed by atoms with Gasteiger partial charge in [-0.05, 0) is 96.9 Å². The highest BCUT2D eigenvalue weighted by atomic mass is 16.5. The van der Waals surface area contributed by atoms with E-state index in [9.17, 15) is 19.2 Å². The standard InChI is InChI=1S/C46H54N8O7.CH4/c1-25(2)37(51-45(57)59-3)43(55)53-19-5-6-36(53)41-47-24-35(49-41)27-9-7-26(8-10-27)29-12-15-33-30(22-29)13-16-34-39(33)50-42(48-34)40-31-11-14-32(23-31)54(40)44(56)38(52-46(58)60-4)28-17-20-61-21-18-28;/h7-10,12-13,15-16,22,24-25,28,31-32,36-38,40H,5-6,11,14,17-21,23H2,1-4H3,(H,47,49)(H,48,50)(H,51,57)(H,52,58);1H4/t31-,32+,36-,37?,38-,40-;/m0./s1. The summed E-state index contributed by atoms with van der Waals surface area (Å²) >= 11 is 0. The maximum absolute atomic E-state index is 14.5. The number of benzene rings is 3. The van der Waals surface area contributed by atoms with E-state index in [4.69, 9.17) is 24.2 Å². The number of ether oxygens (including phenoxy) is 3. The van der Waals surface area contributed by atoms with Crippen molar-refractivity contribution < 1.29 is 33.4 Å². The number of aromatic amines is 2. The summed E-state index contributed by atoms with van der Waals surface area (Å²) in [5, 5.41) is 7.68. The molecular weight excluding hydrogens is 789 g/mol. The van der Waals surface area contributed by atoms with E-state index in [1.54, 1.807) is 0 Å². The van der Waals surface area contributed by atoms with Crippen molar-refractivity contribution in [2.45, 2.75) is 96.4 Å². The van der Waals surface area contributed by atoms with E-state index in [1.807, 2.05) is 29.8 Å². The molecule has 3 aliphatic heterocycles. The summed E-state index contributed by atoms with van der Waals surface area (Å²) < 4.78 is 15.3. The predicted molar refractivity (Wildman–Crippen MR) is 235 cm³/mol. The summed E-state index contributed by atoms with van der Waals surface area (Å²) in [5.41, 5.74) is 5.76. The first-order valence-electron chi connectivity index (χ1n) is 21.6. The lowest BCUT2D eigenvalue weighted by atomic mass is 9.89. The van der Waals surface area contributed by atoms with Gasteiger partial charge in [-0.3, -0.25) is 9.59 Å². The second kappa shape index (κ2) is 17.8. The van der Waals surface area contributed by atoms with Crippen molar-refractivity contribution >= 4 is 45.8 Å². The van der Waals surface area contributed by atoms with Crippen molar-refractivity contribution in [3.63, 3.8) is 0 Å². The first-order valence-corrected chi connectivity index (χ1v) is 21.6. The Morgan fingerprint density at radius 2 is 1.55 bits per heavy atom. The van der Waals surface area contributed by atoms with E-state index >= 15 is 0 Å². The highest BCUT2D eigenvalue weighted by Gasteiger charge is 2.52. The second-order valence-corrected chi connectivity index (χ2v) is 17.3. The van der Waals surface area contributed by atoms with Crippen LogP contribution in [0.2, 0.25) is 0 Å². The molecule has 1 aliphatic carbocycles. The van der Waals surface area contributed by atoms with Gasteiger partial charge in [0.25, 0.3) is 0 Å². The van der Waals surface area contributed by atoms with Gasteiger partial charge in [-0.15, -0.1) is 0 Å². The number of H-pyrrole nitrogens is 2. The molecule has 4 fully saturated rings. The highest BCUT2D eigenvalue weighted by Crippen LogP contribution is 2.50. The molecule has 4 N–H and O–H groups in total. The quantitative estimate of drug-likeness (QED) is 0.110. The van der Waals surface area contributed by atoms with Gasteiger partial charge in [0.15, 0.2) is 0 Å². The number of nitrogens with zero attached hydrogens (tertiary/aromatic N) is 4. The molecule has 6 atom stereocenters. The molecule has 5 heterocycles. The lowest BCUT2D eigenvalue weighted by Gasteiger charge is -2.39. The van der Waals surface area contributed by atoms with Crippen LogP contribution >= 0.6 is 0 Å². The third kappa shape index (κ3) is 7.98. The lowest BCUT2D eigenvalue weighted by molar-refractivity contribution is -0.140. The number of carbonyl (C=O) groups excluding carboxylic acids is 4. The minimum Gasteiger partial charge on any atom is -0.453 e. The Balaban J connectivity index is 0.00000529. The van der Waals surface area contributed by atoms with Gasteiger partial charge in [0.1, 0.15) is 23.7 Å². The minimum absolute atomic E-state index is 0. The first kappa shape index (κ1) is 42.7. The zero-order valence-corrected chi connectivity index (χ0v) is 35.1. The number of fused-ring (bicyclic) bond motifs is 5. The SMILES string of the molecule is C.COC(=O)NC(C(=O)N1CCC[C@H]1c1ncc(-c2ccc(-c3ccc4c(ccc5[nH]c([C@@H]6[C@H]7CC[C@H](C7)N6C(=O)[C@@H](NC(=O)OC)C6CCOCC6)nc54)c3)cc2)[nH]1)C(C)C. The number of nitrogens with one attached hydrogen (secondary N) is 4.